The summed E-state index contributed by atoms with van der Waals surface area (Å²) in [7, 11) is 0. The van der Waals surface area contributed by atoms with Gasteiger partial charge in [0.05, 0.1) is 21.7 Å². The number of benzene rings is 6. The average Bonchev–Trinajstić information content (AvgIpc) is 3.30. The van der Waals surface area contributed by atoms with Crippen molar-refractivity contribution in [3.8, 4) is 46.3 Å². The van der Waals surface area contributed by atoms with Gasteiger partial charge in [-0.25, -0.2) is 4.79 Å². The molecular weight excluding hydrogens is 825 g/mol. The average molecular weight is 863 g/mol. The fourth-order valence-electron chi connectivity index (χ4n) is 7.33. The molecule has 0 fully saturated rings. The third-order valence-corrected chi connectivity index (χ3v) is 11.4. The molecule has 308 valence electrons. The summed E-state index contributed by atoms with van der Waals surface area (Å²) in [6, 6.07) is 39.8. The predicted octanol–water partition coefficient (Wildman–Crippen LogP) is 8.74. The van der Waals surface area contributed by atoms with Crippen LogP contribution in [0, 0.1) is 23.2 Å². The number of hydrogen-bond donors (Lipinski definition) is 2. The van der Waals surface area contributed by atoms with Crippen molar-refractivity contribution in [1.29, 1.82) is 5.26 Å². The Labute approximate surface area is 368 Å². The van der Waals surface area contributed by atoms with E-state index >= 15 is 0 Å². The van der Waals surface area contributed by atoms with Gasteiger partial charge in [-0.3, -0.25) is 9.59 Å². The number of halogens is 2. The number of amides is 2. The number of nitrogens with one attached hydrogen (secondary N) is 1. The van der Waals surface area contributed by atoms with Crippen molar-refractivity contribution in [2.24, 2.45) is 0 Å². The van der Waals surface area contributed by atoms with Crippen molar-refractivity contribution in [3.05, 3.63) is 182 Å². The maximum absolute atomic E-state index is 14.1. The molecule has 8 rings (SSSR count). The van der Waals surface area contributed by atoms with E-state index in [1.165, 1.54) is 4.90 Å². The van der Waals surface area contributed by atoms with Crippen LogP contribution in [0.5, 0.6) is 17.2 Å². The zero-order chi connectivity index (χ0) is 43.2. The molecule has 2 heterocycles. The van der Waals surface area contributed by atoms with Crippen LogP contribution in [0.1, 0.15) is 45.0 Å². The van der Waals surface area contributed by atoms with Crippen LogP contribution >= 0.6 is 23.2 Å². The molecule has 3 atom stereocenters. The topological polar surface area (TPSA) is 138 Å². The van der Waals surface area contributed by atoms with Crippen LogP contribution in [0.4, 0.5) is 0 Å². The Kier molecular flexibility index (Phi) is 12.4. The normalized spacial score (nSPS) is 15.5. The van der Waals surface area contributed by atoms with Crippen LogP contribution < -0.4 is 19.5 Å². The first kappa shape index (κ1) is 41.5. The van der Waals surface area contributed by atoms with Gasteiger partial charge in [0.25, 0.3) is 5.91 Å². The second-order valence-electron chi connectivity index (χ2n) is 14.8. The molecule has 12 heteroatoms. The molecule has 0 saturated heterocycles. The molecule has 0 saturated carbocycles. The van der Waals surface area contributed by atoms with Crippen molar-refractivity contribution in [3.63, 3.8) is 0 Å². The molecule has 2 N–H and O–H groups in total. The van der Waals surface area contributed by atoms with Gasteiger partial charge in [-0.15, -0.1) is 0 Å². The van der Waals surface area contributed by atoms with Gasteiger partial charge >= 0.3 is 5.97 Å². The van der Waals surface area contributed by atoms with Crippen LogP contribution in [0.15, 0.2) is 133 Å². The highest BCUT2D eigenvalue weighted by Crippen LogP contribution is 2.41. The molecule has 6 aromatic rings. The van der Waals surface area contributed by atoms with Gasteiger partial charge in [0.2, 0.25) is 5.91 Å². The Morgan fingerprint density at radius 2 is 1.50 bits per heavy atom. The maximum Gasteiger partial charge on any atom is 0.326 e. The van der Waals surface area contributed by atoms with E-state index < -0.39 is 36.0 Å². The molecule has 0 radical (unpaired) electrons. The number of hydrogen-bond acceptors (Lipinski definition) is 7. The molecule has 0 bridgehead atoms. The zero-order valence-electron chi connectivity index (χ0n) is 33.0. The number of carboxylic acid groups (broad SMARTS) is 1. The number of ether oxygens (including phenoxy) is 3. The van der Waals surface area contributed by atoms with Crippen LogP contribution in [0.2, 0.25) is 10.0 Å². The number of rotatable bonds is 10. The minimum Gasteiger partial charge on any atom is -0.489 e. The van der Waals surface area contributed by atoms with E-state index in [0.29, 0.717) is 50.6 Å². The fraction of sp³-hybridized carbons (Fsp3) is 0.160. The van der Waals surface area contributed by atoms with Gasteiger partial charge in [-0.2, -0.15) is 5.26 Å². The molecule has 0 spiro atoms. The summed E-state index contributed by atoms with van der Waals surface area (Å²) in [6.07, 6.45) is -0.329. The SMILES string of the molecule is N#Cc1ccc(-c2ccc(C[C@H](NC(=O)[C@@H]3Cc4cc5c(cc4CN3C(=O)C#Cc3ccccc3)OC(c3ccc(OCc4ccc(Cl)c(Cl)c4)cc3)CO5)C(=O)O)cc2)cc1. The lowest BCUT2D eigenvalue weighted by atomic mass is 9.92. The first-order valence-corrected chi connectivity index (χ1v) is 20.5. The largest absolute Gasteiger partial charge is 0.489 e. The van der Waals surface area contributed by atoms with Crippen molar-refractivity contribution in [2.45, 2.75) is 44.2 Å². The number of carbonyl (C=O) groups is 3. The third-order valence-electron chi connectivity index (χ3n) is 10.7. The van der Waals surface area contributed by atoms with Crippen molar-refractivity contribution in [2.75, 3.05) is 6.61 Å². The van der Waals surface area contributed by atoms with E-state index in [1.807, 2.05) is 97.1 Å². The van der Waals surface area contributed by atoms with Crippen molar-refractivity contribution in [1.82, 2.24) is 10.2 Å². The molecular formula is C50H37Cl2N3O7. The van der Waals surface area contributed by atoms with Crippen LogP contribution in [0.25, 0.3) is 11.1 Å². The monoisotopic (exact) mass is 861 g/mol. The Morgan fingerprint density at radius 3 is 2.19 bits per heavy atom. The van der Waals surface area contributed by atoms with Crippen molar-refractivity contribution < 1.29 is 33.7 Å². The number of carbonyl (C=O) groups excluding carboxylic acids is 2. The fourth-order valence-corrected chi connectivity index (χ4v) is 7.65. The van der Waals surface area contributed by atoms with Crippen molar-refractivity contribution >= 4 is 41.0 Å². The van der Waals surface area contributed by atoms with Gasteiger partial charge in [-0.1, -0.05) is 102 Å². The first-order valence-electron chi connectivity index (χ1n) is 19.7. The zero-order valence-corrected chi connectivity index (χ0v) is 34.5. The third kappa shape index (κ3) is 9.69. The molecule has 0 aromatic heterocycles. The molecule has 1 unspecified atom stereocenters. The molecule has 62 heavy (non-hydrogen) atoms. The molecule has 2 aliphatic rings. The highest BCUT2D eigenvalue weighted by Gasteiger charge is 2.37. The summed E-state index contributed by atoms with van der Waals surface area (Å²) >= 11 is 12.2. The summed E-state index contributed by atoms with van der Waals surface area (Å²) < 4.78 is 18.6. The molecule has 6 aromatic carbocycles. The summed E-state index contributed by atoms with van der Waals surface area (Å²) in [5.41, 5.74) is 6.94. The first-order chi connectivity index (χ1) is 30.1. The Bertz CT molecular complexity index is 2740. The second-order valence-corrected chi connectivity index (χ2v) is 15.7. The Morgan fingerprint density at radius 1 is 0.806 bits per heavy atom. The van der Waals surface area contributed by atoms with E-state index in [0.717, 1.165) is 33.4 Å². The summed E-state index contributed by atoms with van der Waals surface area (Å²) in [5, 5.41) is 23.0. The summed E-state index contributed by atoms with van der Waals surface area (Å²) in [4.78, 5) is 41.9. The highest BCUT2D eigenvalue weighted by molar-refractivity contribution is 6.42. The molecule has 2 amide bonds. The summed E-state index contributed by atoms with van der Waals surface area (Å²) in [5.74, 6) is 4.81. The van der Waals surface area contributed by atoms with Crippen LogP contribution in [-0.2, 0) is 40.4 Å². The maximum atomic E-state index is 14.1. The number of carboxylic acids is 1. The van der Waals surface area contributed by atoms with Gasteiger partial charge < -0.3 is 29.5 Å². The lowest BCUT2D eigenvalue weighted by molar-refractivity contribution is -0.144. The molecule has 10 nitrogen and oxygen atoms in total. The number of nitriles is 1. The Balaban J connectivity index is 0.982. The predicted molar refractivity (Wildman–Crippen MR) is 234 cm³/mol. The smallest absolute Gasteiger partial charge is 0.326 e. The lowest BCUT2D eigenvalue weighted by Crippen LogP contribution is -2.55. The van der Waals surface area contributed by atoms with Crippen LogP contribution in [0.3, 0.4) is 0 Å². The quantitative estimate of drug-likeness (QED) is 0.131. The van der Waals surface area contributed by atoms with E-state index in [9.17, 15) is 19.5 Å². The van der Waals surface area contributed by atoms with Gasteiger partial charge in [0, 0.05) is 30.9 Å². The number of fused-ring (bicyclic) bond motifs is 2. The summed E-state index contributed by atoms with van der Waals surface area (Å²) in [6.45, 7) is 0.569. The lowest BCUT2D eigenvalue weighted by Gasteiger charge is -2.36. The molecule has 0 aliphatic carbocycles. The van der Waals surface area contributed by atoms with Gasteiger partial charge in [-0.05, 0) is 99.6 Å². The van der Waals surface area contributed by atoms with E-state index in [1.54, 1.807) is 36.4 Å². The second kappa shape index (κ2) is 18.6. The highest BCUT2D eigenvalue weighted by atomic mass is 35.5. The standard InChI is InChI=1S/C50H37Cl2N3O7/c51-41-20-10-34(22-42(41)52)29-60-40-18-16-37(17-19-40)47-30-61-45-25-38-24-44(55(28-39(38)26-46(45)62-47)48(56)21-11-31-4-2-1-3-5-31)49(57)54-43(50(58)59)23-32-6-12-35(13-7-32)36-14-8-33(27-53)9-15-36/h1-10,12-20,22,25-26,43-44,47H,23-24,28-30H2,(H,54,57)(H,58,59)/t43-,44-,47?/m0/s1. The van der Waals surface area contributed by atoms with Gasteiger partial charge in [0.15, 0.2) is 17.6 Å². The van der Waals surface area contributed by atoms with E-state index in [2.05, 4.69) is 23.2 Å². The minimum absolute atomic E-state index is 0.00806. The number of nitrogens with zero attached hydrogens (tertiary/aromatic N) is 2. The van der Waals surface area contributed by atoms with Crippen LogP contribution in [-0.4, -0.2) is 46.5 Å². The van der Waals surface area contributed by atoms with Gasteiger partial charge in [0.1, 0.15) is 31.0 Å². The minimum atomic E-state index is -1.28. The van der Waals surface area contributed by atoms with E-state index in [4.69, 9.17) is 42.7 Å². The molecule has 2 aliphatic heterocycles. The Hall–Kier alpha value is -7.24. The van der Waals surface area contributed by atoms with E-state index in [-0.39, 0.29) is 26.0 Å². The number of aliphatic carboxylic acids is 1.